The van der Waals surface area contributed by atoms with Crippen molar-refractivity contribution in [1.82, 2.24) is 19.6 Å². The zero-order valence-electron chi connectivity index (χ0n) is 13.8. The van der Waals surface area contributed by atoms with Crippen LogP contribution in [-0.4, -0.2) is 39.8 Å². The fourth-order valence-corrected chi connectivity index (χ4v) is 2.73. The van der Waals surface area contributed by atoms with E-state index in [4.69, 9.17) is 15.5 Å². The molecule has 3 N–H and O–H groups in total. The number of hydrogen-bond donors (Lipinski definition) is 2. The summed E-state index contributed by atoms with van der Waals surface area (Å²) in [4.78, 5) is 4.74. The highest BCUT2D eigenvalue weighted by molar-refractivity contribution is 5.88. The fraction of sp³-hybridized carbons (Fsp3) is 0.438. The second-order valence-corrected chi connectivity index (χ2v) is 5.62. The molecule has 0 unspecified atom stereocenters. The monoisotopic (exact) mass is 314 g/mol. The van der Waals surface area contributed by atoms with E-state index in [1.54, 1.807) is 7.11 Å². The molecule has 0 saturated heterocycles. The van der Waals surface area contributed by atoms with Crippen molar-refractivity contribution in [3.8, 4) is 5.75 Å². The number of aryl methyl sites for hydroxylation is 2. The van der Waals surface area contributed by atoms with Crippen LogP contribution in [0.25, 0.3) is 16.7 Å². The van der Waals surface area contributed by atoms with Crippen LogP contribution < -0.4 is 15.8 Å². The van der Waals surface area contributed by atoms with Crippen LogP contribution in [0, 0.1) is 13.8 Å². The lowest BCUT2D eigenvalue weighted by Crippen LogP contribution is -2.09. The number of nitrogens with two attached hydrogens (primary N) is 1. The summed E-state index contributed by atoms with van der Waals surface area (Å²) in [6.07, 6.45) is 1.96. The largest absolute Gasteiger partial charge is 0.494 e. The minimum atomic E-state index is 0.694. The van der Waals surface area contributed by atoms with Crippen LogP contribution in [0.15, 0.2) is 12.1 Å². The number of hydrogen-bond acceptors (Lipinski definition) is 6. The molecule has 1 aromatic carbocycles. The maximum atomic E-state index is 5.54. The molecule has 0 spiro atoms. The standard InChI is InChI=1S/C16H22N6O/c1-10-8-12-14(13(9-10)23-3)19-15(18-7-5-4-6-17)16-21-20-11(2)22(12)16/h8-9H,4-7,17H2,1-3H3,(H,18,19). The van der Waals surface area contributed by atoms with Gasteiger partial charge in [0.15, 0.2) is 5.82 Å². The van der Waals surface area contributed by atoms with Gasteiger partial charge in [-0.3, -0.25) is 4.40 Å². The topological polar surface area (TPSA) is 90.4 Å². The minimum Gasteiger partial charge on any atom is -0.494 e. The maximum Gasteiger partial charge on any atom is 0.204 e. The molecule has 0 fully saturated rings. The summed E-state index contributed by atoms with van der Waals surface area (Å²) in [6.45, 7) is 5.46. The molecule has 7 nitrogen and oxygen atoms in total. The van der Waals surface area contributed by atoms with Gasteiger partial charge in [-0.15, -0.1) is 10.2 Å². The summed E-state index contributed by atoms with van der Waals surface area (Å²) < 4.78 is 7.53. The Morgan fingerprint density at radius 1 is 1.22 bits per heavy atom. The third kappa shape index (κ3) is 2.79. The summed E-state index contributed by atoms with van der Waals surface area (Å²) in [6, 6.07) is 4.06. The van der Waals surface area contributed by atoms with Crippen LogP contribution in [0.5, 0.6) is 5.75 Å². The molecular weight excluding hydrogens is 292 g/mol. The molecule has 0 bridgehead atoms. The van der Waals surface area contributed by atoms with E-state index in [1.807, 2.05) is 24.3 Å². The molecule has 0 radical (unpaired) electrons. The lowest BCUT2D eigenvalue weighted by Gasteiger charge is -2.12. The van der Waals surface area contributed by atoms with E-state index in [-0.39, 0.29) is 0 Å². The second kappa shape index (κ2) is 6.37. The highest BCUT2D eigenvalue weighted by atomic mass is 16.5. The number of anilines is 1. The van der Waals surface area contributed by atoms with Crippen molar-refractivity contribution < 1.29 is 4.74 Å². The fourth-order valence-electron chi connectivity index (χ4n) is 2.73. The van der Waals surface area contributed by atoms with E-state index in [1.165, 1.54) is 0 Å². The number of aromatic nitrogens is 4. The summed E-state index contributed by atoms with van der Waals surface area (Å²) in [5.41, 5.74) is 9.13. The van der Waals surface area contributed by atoms with Crippen LogP contribution in [0.1, 0.15) is 24.2 Å². The van der Waals surface area contributed by atoms with Crippen LogP contribution in [-0.2, 0) is 0 Å². The van der Waals surface area contributed by atoms with Gasteiger partial charge in [-0.1, -0.05) is 0 Å². The van der Waals surface area contributed by atoms with Crippen molar-refractivity contribution in [2.24, 2.45) is 5.73 Å². The molecule has 0 aliphatic carbocycles. The van der Waals surface area contributed by atoms with E-state index in [2.05, 4.69) is 21.6 Å². The molecule has 3 rings (SSSR count). The Bertz CT molecular complexity index is 842. The van der Waals surface area contributed by atoms with Gasteiger partial charge >= 0.3 is 0 Å². The van der Waals surface area contributed by atoms with E-state index in [0.717, 1.165) is 59.0 Å². The average molecular weight is 314 g/mol. The number of fused-ring (bicyclic) bond motifs is 3. The van der Waals surface area contributed by atoms with Gasteiger partial charge in [0.1, 0.15) is 17.1 Å². The minimum absolute atomic E-state index is 0.694. The van der Waals surface area contributed by atoms with Crippen molar-refractivity contribution in [2.45, 2.75) is 26.7 Å². The summed E-state index contributed by atoms with van der Waals surface area (Å²) in [5.74, 6) is 2.29. The van der Waals surface area contributed by atoms with Crippen LogP contribution in [0.2, 0.25) is 0 Å². The normalized spacial score (nSPS) is 11.3. The van der Waals surface area contributed by atoms with E-state index in [0.29, 0.717) is 6.54 Å². The van der Waals surface area contributed by atoms with Crippen molar-refractivity contribution in [3.63, 3.8) is 0 Å². The maximum absolute atomic E-state index is 5.54. The van der Waals surface area contributed by atoms with Crippen molar-refractivity contribution >= 4 is 22.5 Å². The van der Waals surface area contributed by atoms with Crippen LogP contribution >= 0.6 is 0 Å². The first kappa shape index (κ1) is 15.5. The summed E-state index contributed by atoms with van der Waals surface area (Å²) in [5, 5.41) is 11.8. The molecule has 3 aromatic rings. The predicted molar refractivity (Wildman–Crippen MR) is 91.1 cm³/mol. The SMILES string of the molecule is COc1cc(C)cc2c1nc(NCCCCN)c1nnc(C)n12. The van der Waals surface area contributed by atoms with Crippen LogP contribution in [0.3, 0.4) is 0 Å². The van der Waals surface area contributed by atoms with Crippen molar-refractivity contribution in [1.29, 1.82) is 0 Å². The number of rotatable bonds is 6. The first-order chi connectivity index (χ1) is 11.2. The molecule has 2 heterocycles. The number of benzene rings is 1. The molecule has 0 amide bonds. The third-order valence-electron chi connectivity index (χ3n) is 3.84. The Morgan fingerprint density at radius 2 is 2.04 bits per heavy atom. The molecule has 7 heteroatoms. The molecule has 122 valence electrons. The van der Waals surface area contributed by atoms with E-state index >= 15 is 0 Å². The zero-order valence-corrected chi connectivity index (χ0v) is 13.8. The Kier molecular flexibility index (Phi) is 4.29. The molecule has 23 heavy (non-hydrogen) atoms. The first-order valence-corrected chi connectivity index (χ1v) is 7.79. The zero-order chi connectivity index (χ0) is 16.4. The van der Waals surface area contributed by atoms with Gasteiger partial charge in [0.05, 0.1) is 12.6 Å². The van der Waals surface area contributed by atoms with Gasteiger partial charge in [-0.25, -0.2) is 4.98 Å². The smallest absolute Gasteiger partial charge is 0.204 e. The Hall–Kier alpha value is -2.41. The first-order valence-electron chi connectivity index (χ1n) is 7.79. The van der Waals surface area contributed by atoms with Crippen molar-refractivity contribution in [2.75, 3.05) is 25.5 Å². The highest BCUT2D eigenvalue weighted by Gasteiger charge is 2.16. The van der Waals surface area contributed by atoms with Gasteiger partial charge in [-0.05, 0) is 50.9 Å². The van der Waals surface area contributed by atoms with Crippen molar-refractivity contribution in [3.05, 3.63) is 23.5 Å². The third-order valence-corrected chi connectivity index (χ3v) is 3.84. The lowest BCUT2D eigenvalue weighted by atomic mass is 10.2. The van der Waals surface area contributed by atoms with Gasteiger partial charge in [0.2, 0.25) is 5.65 Å². The summed E-state index contributed by atoms with van der Waals surface area (Å²) in [7, 11) is 1.66. The number of unbranched alkanes of at least 4 members (excludes halogenated alkanes) is 1. The van der Waals surface area contributed by atoms with Gasteiger partial charge in [0.25, 0.3) is 0 Å². The number of methoxy groups -OCH3 is 1. The number of nitrogens with zero attached hydrogens (tertiary/aromatic N) is 4. The predicted octanol–water partition coefficient (Wildman–Crippen LogP) is 2.05. The Labute approximate surface area is 134 Å². The highest BCUT2D eigenvalue weighted by Crippen LogP contribution is 2.29. The van der Waals surface area contributed by atoms with E-state index < -0.39 is 0 Å². The number of nitrogens with one attached hydrogen (secondary N) is 1. The quantitative estimate of drug-likeness (QED) is 0.677. The lowest BCUT2D eigenvalue weighted by molar-refractivity contribution is 0.418. The Morgan fingerprint density at radius 3 is 2.78 bits per heavy atom. The average Bonchev–Trinajstić information content (AvgIpc) is 2.93. The molecule has 0 atom stereocenters. The van der Waals surface area contributed by atoms with Crippen LogP contribution in [0.4, 0.5) is 5.82 Å². The summed E-state index contributed by atoms with van der Waals surface area (Å²) >= 11 is 0. The van der Waals surface area contributed by atoms with Gasteiger partial charge in [0, 0.05) is 6.54 Å². The van der Waals surface area contributed by atoms with E-state index in [9.17, 15) is 0 Å². The molecule has 2 aromatic heterocycles. The molecule has 0 saturated carbocycles. The molecule has 0 aliphatic rings. The molecular formula is C16H22N6O. The second-order valence-electron chi connectivity index (χ2n) is 5.62. The number of ether oxygens (including phenoxy) is 1. The van der Waals surface area contributed by atoms with Gasteiger partial charge < -0.3 is 15.8 Å². The Balaban J connectivity index is 2.17. The molecule has 0 aliphatic heterocycles. The van der Waals surface area contributed by atoms with Gasteiger partial charge in [-0.2, -0.15) is 0 Å².